The van der Waals surface area contributed by atoms with E-state index in [-0.39, 0.29) is 11.2 Å². The van der Waals surface area contributed by atoms with Crippen molar-refractivity contribution in [1.29, 1.82) is 0 Å². The van der Waals surface area contributed by atoms with Crippen molar-refractivity contribution in [1.82, 2.24) is 15.0 Å². The van der Waals surface area contributed by atoms with Gasteiger partial charge in [0.1, 0.15) is 0 Å². The summed E-state index contributed by atoms with van der Waals surface area (Å²) in [6.07, 6.45) is 5.20. The first-order valence-electron chi connectivity index (χ1n) is 5.15. The van der Waals surface area contributed by atoms with Gasteiger partial charge in [0.15, 0.2) is 0 Å². The molecule has 1 aliphatic carbocycles. The Morgan fingerprint density at radius 3 is 2.80 bits per heavy atom. The summed E-state index contributed by atoms with van der Waals surface area (Å²) in [5, 5.41) is 3.21. The van der Waals surface area contributed by atoms with Crippen LogP contribution >= 0.6 is 11.6 Å². The third-order valence-corrected chi connectivity index (χ3v) is 2.56. The van der Waals surface area contributed by atoms with Crippen molar-refractivity contribution in [2.45, 2.75) is 25.7 Å². The van der Waals surface area contributed by atoms with Gasteiger partial charge < -0.3 is 11.1 Å². The Balaban J connectivity index is 1.76. The van der Waals surface area contributed by atoms with Crippen molar-refractivity contribution in [2.24, 2.45) is 5.92 Å². The smallest absolute Gasteiger partial charge is 0.228 e. The Labute approximate surface area is 93.5 Å². The van der Waals surface area contributed by atoms with Crippen LogP contribution in [0.15, 0.2) is 0 Å². The van der Waals surface area contributed by atoms with E-state index in [2.05, 4.69) is 20.3 Å². The molecule has 6 heteroatoms. The van der Waals surface area contributed by atoms with E-state index in [1.54, 1.807) is 0 Å². The molecule has 0 radical (unpaired) electrons. The number of nitrogens with two attached hydrogens (primary N) is 1. The van der Waals surface area contributed by atoms with E-state index in [1.807, 2.05) is 0 Å². The number of nitrogens with zero attached hydrogens (tertiary/aromatic N) is 3. The van der Waals surface area contributed by atoms with E-state index < -0.39 is 0 Å². The molecule has 1 aliphatic rings. The fourth-order valence-corrected chi connectivity index (χ4v) is 1.61. The molecular formula is C9H14ClN5. The van der Waals surface area contributed by atoms with E-state index in [1.165, 1.54) is 19.3 Å². The molecule has 1 aromatic heterocycles. The van der Waals surface area contributed by atoms with Crippen LogP contribution < -0.4 is 11.1 Å². The highest BCUT2D eigenvalue weighted by Gasteiger charge is 2.19. The van der Waals surface area contributed by atoms with Gasteiger partial charge in [-0.1, -0.05) is 12.8 Å². The Kier molecular flexibility index (Phi) is 3.20. The summed E-state index contributed by atoms with van der Waals surface area (Å²) in [6.45, 7) is 0.857. The minimum Gasteiger partial charge on any atom is -0.368 e. The molecule has 0 bridgehead atoms. The molecule has 3 N–H and O–H groups in total. The molecular weight excluding hydrogens is 214 g/mol. The quantitative estimate of drug-likeness (QED) is 0.749. The van der Waals surface area contributed by atoms with Gasteiger partial charge in [0, 0.05) is 6.54 Å². The molecule has 1 fully saturated rings. The maximum Gasteiger partial charge on any atom is 0.228 e. The average Bonchev–Trinajstić information content (AvgIpc) is 2.94. The summed E-state index contributed by atoms with van der Waals surface area (Å²) in [4.78, 5) is 11.5. The van der Waals surface area contributed by atoms with Crippen molar-refractivity contribution in [2.75, 3.05) is 17.6 Å². The number of nitrogens with one attached hydrogen (secondary N) is 1. The van der Waals surface area contributed by atoms with Gasteiger partial charge in [0.05, 0.1) is 0 Å². The minimum atomic E-state index is 0.132. The highest BCUT2D eigenvalue weighted by Crippen LogP contribution is 2.33. The molecule has 0 spiro atoms. The fourth-order valence-electron chi connectivity index (χ4n) is 1.44. The second-order valence-electron chi connectivity index (χ2n) is 3.80. The summed E-state index contributed by atoms with van der Waals surface area (Å²) in [6, 6.07) is 0. The van der Waals surface area contributed by atoms with E-state index in [4.69, 9.17) is 17.3 Å². The van der Waals surface area contributed by atoms with Gasteiger partial charge in [-0.2, -0.15) is 15.0 Å². The Hall–Kier alpha value is -1.10. The molecule has 1 saturated carbocycles. The topological polar surface area (TPSA) is 76.7 Å². The van der Waals surface area contributed by atoms with Crippen LogP contribution in [-0.4, -0.2) is 21.5 Å². The second kappa shape index (κ2) is 4.61. The maximum absolute atomic E-state index is 5.64. The van der Waals surface area contributed by atoms with E-state index >= 15 is 0 Å². The Morgan fingerprint density at radius 2 is 2.13 bits per heavy atom. The molecule has 0 aliphatic heterocycles. The van der Waals surface area contributed by atoms with Gasteiger partial charge in [-0.3, -0.25) is 0 Å². The van der Waals surface area contributed by atoms with Crippen LogP contribution in [0.25, 0.3) is 0 Å². The predicted molar refractivity (Wildman–Crippen MR) is 59.7 cm³/mol. The first-order chi connectivity index (χ1) is 7.24. The van der Waals surface area contributed by atoms with Crippen LogP contribution in [0.1, 0.15) is 25.7 Å². The number of anilines is 2. The third-order valence-electron chi connectivity index (χ3n) is 2.39. The van der Waals surface area contributed by atoms with Crippen molar-refractivity contribution >= 4 is 23.5 Å². The number of hydrogen-bond acceptors (Lipinski definition) is 5. The standard InChI is InChI=1S/C9H14ClN5/c10-7-13-8(11)15-9(14-7)12-5-1-2-6-3-4-6/h6H,1-5H2,(H3,11,12,13,14,15). The molecule has 5 nitrogen and oxygen atoms in total. The fraction of sp³-hybridized carbons (Fsp3) is 0.667. The van der Waals surface area contributed by atoms with E-state index in [0.717, 1.165) is 18.9 Å². The first kappa shape index (κ1) is 10.4. The van der Waals surface area contributed by atoms with Crippen molar-refractivity contribution in [3.63, 3.8) is 0 Å². The molecule has 82 valence electrons. The zero-order chi connectivity index (χ0) is 10.7. The SMILES string of the molecule is Nc1nc(Cl)nc(NCCCC2CC2)n1. The number of aromatic nitrogens is 3. The summed E-state index contributed by atoms with van der Waals surface area (Å²) in [5.41, 5.74) is 5.44. The van der Waals surface area contributed by atoms with E-state index in [9.17, 15) is 0 Å². The van der Waals surface area contributed by atoms with Crippen LogP contribution in [0, 0.1) is 5.92 Å². The lowest BCUT2D eigenvalue weighted by molar-refractivity contribution is 0.685. The van der Waals surface area contributed by atoms with Gasteiger partial charge >= 0.3 is 0 Å². The molecule has 15 heavy (non-hydrogen) atoms. The van der Waals surface area contributed by atoms with Crippen molar-refractivity contribution in [3.8, 4) is 0 Å². The van der Waals surface area contributed by atoms with Crippen LogP contribution in [0.2, 0.25) is 5.28 Å². The third kappa shape index (κ3) is 3.51. The lowest BCUT2D eigenvalue weighted by Gasteiger charge is -2.04. The lowest BCUT2D eigenvalue weighted by atomic mass is 10.2. The summed E-state index contributed by atoms with van der Waals surface area (Å²) in [7, 11) is 0. The van der Waals surface area contributed by atoms with E-state index in [0.29, 0.717) is 5.95 Å². The first-order valence-corrected chi connectivity index (χ1v) is 5.53. The number of nitrogen functional groups attached to an aromatic ring is 1. The lowest BCUT2D eigenvalue weighted by Crippen LogP contribution is -2.08. The van der Waals surface area contributed by atoms with Crippen LogP contribution in [0.3, 0.4) is 0 Å². The largest absolute Gasteiger partial charge is 0.368 e. The van der Waals surface area contributed by atoms with Gasteiger partial charge in [0.25, 0.3) is 0 Å². The second-order valence-corrected chi connectivity index (χ2v) is 4.14. The number of rotatable bonds is 5. The van der Waals surface area contributed by atoms with Crippen LogP contribution in [0.4, 0.5) is 11.9 Å². The van der Waals surface area contributed by atoms with Crippen LogP contribution in [-0.2, 0) is 0 Å². The number of halogens is 1. The molecule has 2 rings (SSSR count). The van der Waals surface area contributed by atoms with Crippen molar-refractivity contribution in [3.05, 3.63) is 5.28 Å². The molecule has 0 saturated heterocycles. The normalized spacial score (nSPS) is 15.3. The zero-order valence-electron chi connectivity index (χ0n) is 8.41. The summed E-state index contributed by atoms with van der Waals surface area (Å²) in [5.74, 6) is 1.57. The molecule has 1 heterocycles. The molecule has 0 unspecified atom stereocenters. The minimum absolute atomic E-state index is 0.132. The predicted octanol–water partition coefficient (Wildman–Crippen LogP) is 1.71. The Bertz CT molecular complexity index is 319. The Morgan fingerprint density at radius 1 is 1.33 bits per heavy atom. The highest BCUT2D eigenvalue weighted by molar-refractivity contribution is 6.28. The van der Waals surface area contributed by atoms with Gasteiger partial charge in [-0.05, 0) is 30.4 Å². The molecule has 0 aromatic carbocycles. The maximum atomic E-state index is 5.64. The van der Waals surface area contributed by atoms with Gasteiger partial charge in [-0.15, -0.1) is 0 Å². The van der Waals surface area contributed by atoms with Gasteiger partial charge in [-0.25, -0.2) is 0 Å². The molecule has 0 atom stereocenters. The highest BCUT2D eigenvalue weighted by atomic mass is 35.5. The van der Waals surface area contributed by atoms with Crippen molar-refractivity contribution < 1.29 is 0 Å². The molecule has 1 aromatic rings. The monoisotopic (exact) mass is 227 g/mol. The number of hydrogen-bond donors (Lipinski definition) is 2. The van der Waals surface area contributed by atoms with Crippen LogP contribution in [0.5, 0.6) is 0 Å². The zero-order valence-corrected chi connectivity index (χ0v) is 9.17. The van der Waals surface area contributed by atoms with Gasteiger partial charge in [0.2, 0.25) is 17.2 Å². The summed E-state index contributed by atoms with van der Waals surface area (Å²) < 4.78 is 0. The summed E-state index contributed by atoms with van der Waals surface area (Å²) >= 11 is 5.64. The average molecular weight is 228 g/mol. The molecule has 0 amide bonds.